The van der Waals surface area contributed by atoms with Crippen LogP contribution in [0.4, 0.5) is 10.5 Å². The standard InChI is InChI=1S/C25H29ClN6O3S/c1-16(2)35-24(33)31-11-10-19(14-31)32-15-28-29-23(32)22-21(12-18(26)13-27-22)30-36(34)20-8-6-17(7-9-20)25(3,4)5/h6-9,12-13,15,19,30H,1,10-11,14H2,2-5H3/t19?,36-/m0/s1. The molecule has 1 N–H and O–H groups in total. The van der Waals surface area contributed by atoms with E-state index in [1.807, 2.05) is 28.8 Å². The van der Waals surface area contributed by atoms with Gasteiger partial charge in [-0.05, 0) is 42.5 Å². The summed E-state index contributed by atoms with van der Waals surface area (Å²) in [5.41, 5.74) is 2.07. The third kappa shape index (κ3) is 5.83. The number of likely N-dealkylation sites (tertiary alicyclic amines) is 1. The van der Waals surface area contributed by atoms with Crippen LogP contribution >= 0.6 is 11.6 Å². The lowest BCUT2D eigenvalue weighted by molar-refractivity contribution is 0.137. The molecule has 9 nitrogen and oxygen atoms in total. The molecular formula is C25H29ClN6O3S. The van der Waals surface area contributed by atoms with Gasteiger partial charge < -0.3 is 18.8 Å². The van der Waals surface area contributed by atoms with Gasteiger partial charge in [-0.1, -0.05) is 51.1 Å². The molecule has 4 rings (SSSR count). The van der Waals surface area contributed by atoms with Gasteiger partial charge in [0.1, 0.15) is 29.1 Å². The summed E-state index contributed by atoms with van der Waals surface area (Å²) in [7, 11) is 0. The quantitative estimate of drug-likeness (QED) is 0.339. The van der Waals surface area contributed by atoms with Crippen molar-refractivity contribution in [3.05, 3.63) is 65.8 Å². The Kier molecular flexibility index (Phi) is 7.58. The SMILES string of the molecule is C=C(C)OC(=O)N1CCC(n2cnnc2-c2ncc(Cl)cc2N[S@@+]([O-])c2ccc(C(C)(C)C)cc2)C1. The second-order valence-corrected chi connectivity index (χ2v) is 11.4. The first-order valence-electron chi connectivity index (χ1n) is 11.5. The van der Waals surface area contributed by atoms with Crippen molar-refractivity contribution in [2.75, 3.05) is 17.8 Å². The first-order valence-corrected chi connectivity index (χ1v) is 13.0. The lowest BCUT2D eigenvalue weighted by Crippen LogP contribution is -2.29. The van der Waals surface area contributed by atoms with Crippen LogP contribution in [0.25, 0.3) is 11.5 Å². The number of hydrogen-bond donors (Lipinski definition) is 1. The van der Waals surface area contributed by atoms with E-state index in [9.17, 15) is 9.35 Å². The number of hydrogen-bond acceptors (Lipinski definition) is 7. The minimum atomic E-state index is -1.56. The van der Waals surface area contributed by atoms with E-state index in [1.54, 1.807) is 24.2 Å². The fourth-order valence-electron chi connectivity index (χ4n) is 3.96. The molecule has 1 unspecified atom stereocenters. The molecule has 3 heterocycles. The van der Waals surface area contributed by atoms with Crippen molar-refractivity contribution in [3.8, 4) is 11.5 Å². The first kappa shape index (κ1) is 26.0. The summed E-state index contributed by atoms with van der Waals surface area (Å²) < 4.78 is 23.2. The second kappa shape index (κ2) is 10.5. The molecule has 1 fully saturated rings. The molecule has 1 amide bonds. The summed E-state index contributed by atoms with van der Waals surface area (Å²) in [4.78, 5) is 19.0. The number of carbonyl (C=O) groups is 1. The third-order valence-electron chi connectivity index (χ3n) is 5.85. The number of nitrogens with one attached hydrogen (secondary N) is 1. The van der Waals surface area contributed by atoms with Gasteiger partial charge in [0.05, 0.1) is 16.8 Å². The van der Waals surface area contributed by atoms with Gasteiger partial charge in [0, 0.05) is 19.3 Å². The van der Waals surface area contributed by atoms with Crippen LogP contribution in [0.3, 0.4) is 0 Å². The number of allylic oxidation sites excluding steroid dienone is 1. The van der Waals surface area contributed by atoms with Crippen LogP contribution in [0.5, 0.6) is 0 Å². The van der Waals surface area contributed by atoms with Crippen molar-refractivity contribution in [2.24, 2.45) is 0 Å². The van der Waals surface area contributed by atoms with E-state index in [0.29, 0.717) is 52.4 Å². The van der Waals surface area contributed by atoms with Gasteiger partial charge in [0.15, 0.2) is 10.7 Å². The van der Waals surface area contributed by atoms with Crippen LogP contribution in [-0.2, 0) is 21.5 Å². The highest BCUT2D eigenvalue weighted by Crippen LogP contribution is 2.33. The number of halogens is 1. The molecule has 0 saturated carbocycles. The maximum atomic E-state index is 13.2. The van der Waals surface area contributed by atoms with Crippen LogP contribution in [0.15, 0.2) is 60.1 Å². The number of aromatic nitrogens is 4. The summed E-state index contributed by atoms with van der Waals surface area (Å²) >= 11 is 4.67. The number of rotatable bonds is 6. The lowest BCUT2D eigenvalue weighted by atomic mass is 9.87. The van der Waals surface area contributed by atoms with Gasteiger partial charge >= 0.3 is 6.09 Å². The van der Waals surface area contributed by atoms with Crippen LogP contribution in [-0.4, -0.2) is 48.4 Å². The van der Waals surface area contributed by atoms with Crippen LogP contribution in [0, 0.1) is 0 Å². The normalized spacial score (nSPS) is 16.6. The Labute approximate surface area is 218 Å². The minimum Gasteiger partial charge on any atom is -0.588 e. The molecular weight excluding hydrogens is 500 g/mol. The molecule has 0 aliphatic carbocycles. The highest BCUT2D eigenvalue weighted by Gasteiger charge is 2.31. The average Bonchev–Trinajstić information content (AvgIpc) is 3.48. The summed E-state index contributed by atoms with van der Waals surface area (Å²) in [6.07, 6.45) is 3.38. The highest BCUT2D eigenvalue weighted by molar-refractivity contribution is 7.92. The predicted octanol–water partition coefficient (Wildman–Crippen LogP) is 5.34. The molecule has 0 bridgehead atoms. The fraction of sp³-hybridized carbons (Fsp3) is 0.360. The molecule has 2 atom stereocenters. The summed E-state index contributed by atoms with van der Waals surface area (Å²) in [5, 5.41) is 8.75. The molecule has 1 saturated heterocycles. The average molecular weight is 529 g/mol. The van der Waals surface area contributed by atoms with Crippen molar-refractivity contribution >= 4 is 34.7 Å². The topological polar surface area (TPSA) is 108 Å². The maximum Gasteiger partial charge on any atom is 0.414 e. The Morgan fingerprint density at radius 2 is 2.03 bits per heavy atom. The third-order valence-corrected chi connectivity index (χ3v) is 7.17. The molecule has 0 spiro atoms. The lowest BCUT2D eigenvalue weighted by Gasteiger charge is -2.20. The second-order valence-electron chi connectivity index (χ2n) is 9.72. The van der Waals surface area contributed by atoms with Crippen molar-refractivity contribution in [1.82, 2.24) is 24.6 Å². The molecule has 1 aromatic carbocycles. The number of carbonyl (C=O) groups excluding carboxylic acids is 1. The minimum absolute atomic E-state index is 0.00135. The van der Waals surface area contributed by atoms with Gasteiger partial charge in [-0.15, -0.1) is 10.2 Å². The highest BCUT2D eigenvalue weighted by atomic mass is 35.5. The number of anilines is 1. The molecule has 11 heteroatoms. The monoisotopic (exact) mass is 528 g/mol. The summed E-state index contributed by atoms with van der Waals surface area (Å²) in [6.45, 7) is 12.6. The van der Waals surface area contributed by atoms with Gasteiger partial charge in [0.2, 0.25) is 0 Å². The number of benzene rings is 1. The molecule has 0 radical (unpaired) electrons. The van der Waals surface area contributed by atoms with Crippen LogP contribution < -0.4 is 4.72 Å². The van der Waals surface area contributed by atoms with E-state index in [1.165, 1.54) is 6.20 Å². The van der Waals surface area contributed by atoms with E-state index in [-0.39, 0.29) is 11.5 Å². The fourth-order valence-corrected chi connectivity index (χ4v) is 4.97. The van der Waals surface area contributed by atoms with Crippen molar-refractivity contribution in [3.63, 3.8) is 0 Å². The van der Waals surface area contributed by atoms with Crippen LogP contribution in [0.1, 0.15) is 45.7 Å². The predicted molar refractivity (Wildman–Crippen MR) is 140 cm³/mol. The Morgan fingerprint density at radius 1 is 1.31 bits per heavy atom. The zero-order valence-electron chi connectivity index (χ0n) is 20.7. The number of amides is 1. The number of ether oxygens (including phenoxy) is 1. The molecule has 2 aromatic heterocycles. The zero-order valence-corrected chi connectivity index (χ0v) is 22.3. The van der Waals surface area contributed by atoms with Crippen molar-refractivity contribution in [2.45, 2.75) is 50.5 Å². The first-order chi connectivity index (χ1) is 17.0. The van der Waals surface area contributed by atoms with E-state index < -0.39 is 17.5 Å². The smallest absolute Gasteiger partial charge is 0.414 e. The molecule has 1 aliphatic heterocycles. The number of pyridine rings is 1. The molecule has 190 valence electrons. The van der Waals surface area contributed by atoms with E-state index in [2.05, 4.69) is 47.3 Å². The number of nitrogens with zero attached hydrogens (tertiary/aromatic N) is 5. The van der Waals surface area contributed by atoms with Gasteiger partial charge in [-0.3, -0.25) is 0 Å². The summed E-state index contributed by atoms with van der Waals surface area (Å²) in [6, 6.07) is 9.24. The molecule has 1 aliphatic rings. The van der Waals surface area contributed by atoms with E-state index >= 15 is 0 Å². The van der Waals surface area contributed by atoms with Gasteiger partial charge in [0.25, 0.3) is 0 Å². The van der Waals surface area contributed by atoms with E-state index in [4.69, 9.17) is 16.3 Å². The molecule has 3 aromatic rings. The van der Waals surface area contributed by atoms with Gasteiger partial charge in [-0.25, -0.2) is 14.5 Å². The van der Waals surface area contributed by atoms with E-state index in [0.717, 1.165) is 5.56 Å². The summed E-state index contributed by atoms with van der Waals surface area (Å²) in [5.74, 6) is 0.824. The Balaban J connectivity index is 1.57. The van der Waals surface area contributed by atoms with Crippen molar-refractivity contribution < 1.29 is 14.1 Å². The Bertz CT molecular complexity index is 1260. The van der Waals surface area contributed by atoms with Crippen molar-refractivity contribution in [1.29, 1.82) is 0 Å². The van der Waals surface area contributed by atoms with Gasteiger partial charge in [-0.2, -0.15) is 0 Å². The Hall–Kier alpha value is -3.08. The Morgan fingerprint density at radius 3 is 2.69 bits per heavy atom. The molecule has 36 heavy (non-hydrogen) atoms. The largest absolute Gasteiger partial charge is 0.588 e. The maximum absolute atomic E-state index is 13.2. The zero-order chi connectivity index (χ0) is 26.0. The van der Waals surface area contributed by atoms with Crippen LogP contribution in [0.2, 0.25) is 5.02 Å².